The summed E-state index contributed by atoms with van der Waals surface area (Å²) in [6.07, 6.45) is 0. The Morgan fingerprint density at radius 3 is 2.53 bits per heavy atom. The molecule has 2 N–H and O–H groups in total. The fourth-order valence-electron chi connectivity index (χ4n) is 3.51. The van der Waals surface area contributed by atoms with Crippen LogP contribution in [-0.4, -0.2) is 47.7 Å². The molecule has 3 aromatic carbocycles. The van der Waals surface area contributed by atoms with Crippen molar-refractivity contribution in [2.75, 3.05) is 37.6 Å². The molecule has 9 nitrogen and oxygen atoms in total. The number of rotatable bonds is 10. The highest BCUT2D eigenvalue weighted by Gasteiger charge is 2.16. The van der Waals surface area contributed by atoms with E-state index in [0.717, 1.165) is 22.6 Å². The fourth-order valence-corrected chi connectivity index (χ4v) is 3.51. The summed E-state index contributed by atoms with van der Waals surface area (Å²) in [5, 5.41) is 10.3. The van der Waals surface area contributed by atoms with E-state index < -0.39 is 0 Å². The van der Waals surface area contributed by atoms with Gasteiger partial charge in [0.2, 0.25) is 0 Å². The first-order valence-corrected chi connectivity index (χ1v) is 11.6. The highest BCUT2D eigenvalue weighted by molar-refractivity contribution is 6.00. The zero-order chi connectivity index (χ0) is 25.3. The third kappa shape index (κ3) is 6.19. The minimum atomic E-state index is -0.338. The molecule has 0 saturated carbocycles. The first-order valence-electron chi connectivity index (χ1n) is 11.6. The molecule has 1 aromatic heterocycles. The number of hydrogen-bond donors (Lipinski definition) is 2. The van der Waals surface area contributed by atoms with Gasteiger partial charge in [-0.3, -0.25) is 0 Å². The lowest BCUT2D eigenvalue weighted by molar-refractivity contribution is 0.106. The summed E-state index contributed by atoms with van der Waals surface area (Å²) >= 11 is 0. The molecule has 1 heterocycles. The molecule has 0 aliphatic rings. The molecule has 4 aromatic rings. The van der Waals surface area contributed by atoms with Crippen LogP contribution in [0.15, 0.2) is 72.8 Å². The van der Waals surface area contributed by atoms with E-state index in [2.05, 4.69) is 20.7 Å². The van der Waals surface area contributed by atoms with Crippen LogP contribution in [0.2, 0.25) is 0 Å². The van der Waals surface area contributed by atoms with Gasteiger partial charge in [-0.15, -0.1) is 5.10 Å². The predicted octanol–water partition coefficient (Wildman–Crippen LogP) is 5.31. The molecule has 0 aliphatic carbocycles. The Kier molecular flexibility index (Phi) is 8.15. The third-order valence-corrected chi connectivity index (χ3v) is 5.34. The Bertz CT molecular complexity index is 1300. The molecule has 0 bridgehead atoms. The molecule has 0 spiro atoms. The van der Waals surface area contributed by atoms with Crippen molar-refractivity contribution in [3.8, 4) is 28.8 Å². The van der Waals surface area contributed by atoms with Crippen molar-refractivity contribution in [3.63, 3.8) is 0 Å². The van der Waals surface area contributed by atoms with Crippen LogP contribution in [0.25, 0.3) is 17.1 Å². The smallest absolute Gasteiger partial charge is 0.336 e. The Morgan fingerprint density at radius 1 is 0.972 bits per heavy atom. The van der Waals surface area contributed by atoms with Crippen molar-refractivity contribution < 1.29 is 19.0 Å². The van der Waals surface area contributed by atoms with Gasteiger partial charge in [-0.25, -0.2) is 9.48 Å². The topological polar surface area (TPSA) is 99.5 Å². The zero-order valence-electron chi connectivity index (χ0n) is 20.5. The van der Waals surface area contributed by atoms with Gasteiger partial charge in [-0.05, 0) is 67.9 Å². The number of ether oxygens (including phenoxy) is 3. The standard InChI is InChI=1S/C27H29N5O4/c1-4-35-16-17-36-27-30-25(20-12-14-23(34-3)15-13-20)32(31-27)22-10-7-9-21(18-22)28-26(33)29-24-11-6-5-8-19(24)2/h5-15,18H,4,16-17H2,1-3H3,(H2,28,29,33). The fraction of sp³-hybridized carbons (Fsp3) is 0.222. The third-order valence-electron chi connectivity index (χ3n) is 5.34. The Hall–Kier alpha value is -4.37. The van der Waals surface area contributed by atoms with Crippen molar-refractivity contribution >= 4 is 17.4 Å². The number of benzene rings is 3. The van der Waals surface area contributed by atoms with Gasteiger partial charge in [-0.2, -0.15) is 4.98 Å². The number of anilines is 2. The summed E-state index contributed by atoms with van der Waals surface area (Å²) in [4.78, 5) is 17.2. The summed E-state index contributed by atoms with van der Waals surface area (Å²) in [7, 11) is 1.62. The van der Waals surface area contributed by atoms with Crippen molar-refractivity contribution in [1.82, 2.24) is 14.8 Å². The summed E-state index contributed by atoms with van der Waals surface area (Å²) < 4.78 is 18.0. The Balaban J connectivity index is 1.59. The van der Waals surface area contributed by atoms with Gasteiger partial charge in [0, 0.05) is 23.5 Å². The van der Waals surface area contributed by atoms with Gasteiger partial charge < -0.3 is 24.8 Å². The molecular formula is C27H29N5O4. The monoisotopic (exact) mass is 487 g/mol. The number of nitrogens with one attached hydrogen (secondary N) is 2. The maximum Gasteiger partial charge on any atom is 0.336 e. The number of aryl methyl sites for hydroxylation is 1. The van der Waals surface area contributed by atoms with Crippen molar-refractivity contribution in [2.24, 2.45) is 0 Å². The Morgan fingerprint density at radius 2 is 1.78 bits per heavy atom. The molecule has 36 heavy (non-hydrogen) atoms. The maximum atomic E-state index is 12.6. The second kappa shape index (κ2) is 11.9. The SMILES string of the molecule is CCOCCOc1nc(-c2ccc(OC)cc2)n(-c2cccc(NC(=O)Nc3ccccc3C)c2)n1. The zero-order valence-corrected chi connectivity index (χ0v) is 20.5. The summed E-state index contributed by atoms with van der Waals surface area (Å²) in [6, 6.07) is 22.4. The van der Waals surface area contributed by atoms with Crippen LogP contribution in [0.5, 0.6) is 11.8 Å². The quantitative estimate of drug-likeness (QED) is 0.294. The molecule has 4 rings (SSSR count). The molecule has 186 valence electrons. The number of hydrogen-bond acceptors (Lipinski definition) is 6. The normalized spacial score (nSPS) is 10.6. The first-order chi connectivity index (χ1) is 17.6. The number of methoxy groups -OCH3 is 1. The molecule has 0 atom stereocenters. The van der Waals surface area contributed by atoms with Crippen molar-refractivity contribution in [3.05, 3.63) is 78.4 Å². The van der Waals surface area contributed by atoms with E-state index in [1.165, 1.54) is 0 Å². The number of carbonyl (C=O) groups is 1. The minimum Gasteiger partial charge on any atom is -0.497 e. The first kappa shape index (κ1) is 24.7. The summed E-state index contributed by atoms with van der Waals surface area (Å²) in [5.41, 5.74) is 3.87. The minimum absolute atomic E-state index is 0.233. The molecule has 0 unspecified atom stereocenters. The van der Waals surface area contributed by atoms with Gasteiger partial charge in [0.1, 0.15) is 12.4 Å². The van der Waals surface area contributed by atoms with Crippen LogP contribution in [0, 0.1) is 6.92 Å². The molecule has 0 fully saturated rings. The van der Waals surface area contributed by atoms with Crippen LogP contribution in [-0.2, 0) is 4.74 Å². The van der Waals surface area contributed by atoms with Crippen LogP contribution in [0.1, 0.15) is 12.5 Å². The number of aromatic nitrogens is 3. The lowest BCUT2D eigenvalue weighted by Crippen LogP contribution is -2.20. The second-order valence-corrected chi connectivity index (χ2v) is 7.85. The number of carbonyl (C=O) groups excluding carboxylic acids is 1. The van der Waals surface area contributed by atoms with Gasteiger partial charge in [0.15, 0.2) is 5.82 Å². The van der Waals surface area contributed by atoms with Gasteiger partial charge in [0.25, 0.3) is 0 Å². The lowest BCUT2D eigenvalue weighted by atomic mass is 10.2. The molecule has 0 saturated heterocycles. The number of amides is 2. The molecule has 2 amide bonds. The van der Waals surface area contributed by atoms with Crippen LogP contribution in [0.3, 0.4) is 0 Å². The molecule has 0 aliphatic heterocycles. The molecular weight excluding hydrogens is 458 g/mol. The number of para-hydroxylation sites is 1. The van der Waals surface area contributed by atoms with Crippen molar-refractivity contribution in [1.29, 1.82) is 0 Å². The average Bonchev–Trinajstić information content (AvgIpc) is 3.32. The van der Waals surface area contributed by atoms with E-state index in [0.29, 0.717) is 37.0 Å². The van der Waals surface area contributed by atoms with Gasteiger partial charge in [0.05, 0.1) is 19.4 Å². The van der Waals surface area contributed by atoms with Crippen LogP contribution < -0.4 is 20.1 Å². The van der Waals surface area contributed by atoms with E-state index in [9.17, 15) is 4.79 Å². The molecule has 0 radical (unpaired) electrons. The van der Waals surface area contributed by atoms with E-state index in [1.807, 2.05) is 86.6 Å². The highest BCUT2D eigenvalue weighted by Crippen LogP contribution is 2.27. The van der Waals surface area contributed by atoms with Crippen molar-refractivity contribution in [2.45, 2.75) is 13.8 Å². The van der Waals surface area contributed by atoms with E-state index >= 15 is 0 Å². The number of nitrogens with zero attached hydrogens (tertiary/aromatic N) is 3. The average molecular weight is 488 g/mol. The number of urea groups is 1. The summed E-state index contributed by atoms with van der Waals surface area (Å²) in [6.45, 7) is 5.26. The summed E-state index contributed by atoms with van der Waals surface area (Å²) in [5.74, 6) is 1.33. The second-order valence-electron chi connectivity index (χ2n) is 7.85. The van der Waals surface area contributed by atoms with Gasteiger partial charge in [-0.1, -0.05) is 24.3 Å². The van der Waals surface area contributed by atoms with E-state index in [4.69, 9.17) is 14.2 Å². The van der Waals surface area contributed by atoms with Crippen LogP contribution in [0.4, 0.5) is 16.2 Å². The molecule has 9 heteroatoms. The van der Waals surface area contributed by atoms with E-state index in [1.54, 1.807) is 11.8 Å². The largest absolute Gasteiger partial charge is 0.497 e. The van der Waals surface area contributed by atoms with E-state index in [-0.39, 0.29) is 12.0 Å². The maximum absolute atomic E-state index is 12.6. The predicted molar refractivity (Wildman–Crippen MR) is 139 cm³/mol. The van der Waals surface area contributed by atoms with Crippen LogP contribution >= 0.6 is 0 Å². The Labute approximate surface area is 210 Å². The lowest BCUT2D eigenvalue weighted by Gasteiger charge is -2.11. The highest BCUT2D eigenvalue weighted by atomic mass is 16.5. The van der Waals surface area contributed by atoms with Gasteiger partial charge >= 0.3 is 12.0 Å².